The summed E-state index contributed by atoms with van der Waals surface area (Å²) in [5.74, 6) is 3.49. The number of hydrogen-bond donors (Lipinski definition) is 1. The molecule has 188 valence electrons. The highest BCUT2D eigenvalue weighted by molar-refractivity contribution is 5.69. The van der Waals surface area contributed by atoms with Crippen LogP contribution < -0.4 is 0 Å². The molecule has 5 heteroatoms. The van der Waals surface area contributed by atoms with Crippen molar-refractivity contribution in [2.24, 2.45) is 46.3 Å². The van der Waals surface area contributed by atoms with Gasteiger partial charge < -0.3 is 14.6 Å². The molecule has 4 fully saturated rings. The summed E-state index contributed by atoms with van der Waals surface area (Å²) in [6, 6.07) is 0. The molecule has 0 spiro atoms. The Labute approximate surface area is 200 Å². The molecule has 0 aromatic rings. The van der Waals surface area contributed by atoms with Crippen LogP contribution in [0.15, 0.2) is 0 Å². The van der Waals surface area contributed by atoms with E-state index in [1.807, 2.05) is 0 Å². The van der Waals surface area contributed by atoms with E-state index in [-0.39, 0.29) is 29.4 Å². The normalized spacial score (nSPS) is 45.3. The third-order valence-electron chi connectivity index (χ3n) is 11.0. The molecule has 4 aliphatic rings. The molecule has 4 rings (SSSR count). The molecule has 0 saturated heterocycles. The number of aliphatic hydroxyl groups is 1. The minimum Gasteiger partial charge on any atom is -0.469 e. The van der Waals surface area contributed by atoms with Crippen LogP contribution >= 0.6 is 0 Å². The van der Waals surface area contributed by atoms with Gasteiger partial charge in [-0.2, -0.15) is 0 Å². The first kappa shape index (κ1) is 25.0. The summed E-state index contributed by atoms with van der Waals surface area (Å²) in [7, 11) is 1.48. The van der Waals surface area contributed by atoms with Crippen LogP contribution in [0.1, 0.15) is 98.3 Å². The highest BCUT2D eigenvalue weighted by atomic mass is 16.6. The number of carbonyl (C=O) groups is 2. The Morgan fingerprint density at radius 2 is 1.64 bits per heavy atom. The summed E-state index contributed by atoms with van der Waals surface area (Å²) in [5.41, 5.74) is 0.563. The largest absolute Gasteiger partial charge is 0.469 e. The van der Waals surface area contributed by atoms with E-state index in [1.54, 1.807) is 0 Å². The molecule has 0 radical (unpaired) electrons. The number of hydrogen-bond acceptors (Lipinski definition) is 5. The van der Waals surface area contributed by atoms with Crippen LogP contribution in [0.3, 0.4) is 0 Å². The molecule has 0 amide bonds. The maximum atomic E-state index is 11.5. The SMILES string of the molecule is COC(=O)CCC[C@@H](C)[C@H]1CC[C@H]2[C@@H]3CC[C@H]4[C@@H](O)[C@@H](OC(C)=O)CC[C@]4(C)[C@H]3CC[C@]12C. The number of fused-ring (bicyclic) bond motifs is 5. The number of esters is 2. The Morgan fingerprint density at radius 1 is 0.970 bits per heavy atom. The van der Waals surface area contributed by atoms with Crippen LogP contribution in [0, 0.1) is 46.3 Å². The maximum Gasteiger partial charge on any atom is 0.305 e. The third-order valence-corrected chi connectivity index (χ3v) is 11.0. The van der Waals surface area contributed by atoms with Gasteiger partial charge in [-0.15, -0.1) is 0 Å². The predicted molar refractivity (Wildman–Crippen MR) is 127 cm³/mol. The first-order valence-corrected chi connectivity index (χ1v) is 13.5. The van der Waals surface area contributed by atoms with E-state index in [4.69, 9.17) is 9.47 Å². The fourth-order valence-electron chi connectivity index (χ4n) is 9.49. The van der Waals surface area contributed by atoms with Crippen molar-refractivity contribution in [3.8, 4) is 0 Å². The van der Waals surface area contributed by atoms with Crippen LogP contribution in [0.2, 0.25) is 0 Å². The van der Waals surface area contributed by atoms with Crippen molar-refractivity contribution in [2.75, 3.05) is 7.11 Å². The molecule has 0 heterocycles. The van der Waals surface area contributed by atoms with Gasteiger partial charge in [0.1, 0.15) is 6.10 Å². The second-order valence-corrected chi connectivity index (χ2v) is 12.4. The fraction of sp³-hybridized carbons (Fsp3) is 0.929. The third kappa shape index (κ3) is 4.36. The maximum absolute atomic E-state index is 11.5. The van der Waals surface area contributed by atoms with Crippen molar-refractivity contribution in [1.29, 1.82) is 0 Å². The van der Waals surface area contributed by atoms with Gasteiger partial charge in [0, 0.05) is 13.3 Å². The zero-order valence-electron chi connectivity index (χ0n) is 21.5. The molecule has 10 atom stereocenters. The van der Waals surface area contributed by atoms with Crippen molar-refractivity contribution in [3.05, 3.63) is 0 Å². The van der Waals surface area contributed by atoms with Gasteiger partial charge in [0.2, 0.25) is 0 Å². The van der Waals surface area contributed by atoms with E-state index in [1.165, 1.54) is 46.1 Å². The van der Waals surface area contributed by atoms with Gasteiger partial charge in [-0.3, -0.25) is 9.59 Å². The molecule has 0 bridgehead atoms. The highest BCUT2D eigenvalue weighted by Crippen LogP contribution is 2.68. The monoisotopic (exact) mass is 462 g/mol. The standard InChI is InChI=1S/C28H46O5/c1-17(7-6-8-25(30)32-5)20-11-12-21-19-9-10-23-26(31)24(33-18(2)29)14-16-28(23,4)22(19)13-15-27(20,21)3/h17,19-24,26,31H,6-16H2,1-5H3/t17-,19+,20-,21+,22+,23+,24+,26-,27-,28-/m1/s1. The summed E-state index contributed by atoms with van der Waals surface area (Å²) >= 11 is 0. The van der Waals surface area contributed by atoms with Crippen molar-refractivity contribution in [3.63, 3.8) is 0 Å². The van der Waals surface area contributed by atoms with Gasteiger partial charge in [-0.1, -0.05) is 20.8 Å². The first-order valence-electron chi connectivity index (χ1n) is 13.5. The molecule has 0 aliphatic heterocycles. The zero-order chi connectivity index (χ0) is 24.0. The number of carbonyl (C=O) groups excluding carboxylic acids is 2. The van der Waals surface area contributed by atoms with Crippen LogP contribution in [0.4, 0.5) is 0 Å². The molecule has 0 aromatic carbocycles. The smallest absolute Gasteiger partial charge is 0.305 e. The zero-order valence-corrected chi connectivity index (χ0v) is 21.5. The number of aliphatic hydroxyl groups excluding tert-OH is 1. The van der Waals surface area contributed by atoms with Gasteiger partial charge in [-0.05, 0) is 111 Å². The number of methoxy groups -OCH3 is 1. The Kier molecular flexibility index (Phi) is 7.21. The molecule has 5 nitrogen and oxygen atoms in total. The van der Waals surface area contributed by atoms with E-state index in [0.29, 0.717) is 23.7 Å². The number of rotatable bonds is 6. The molecule has 33 heavy (non-hydrogen) atoms. The Balaban J connectivity index is 1.44. The van der Waals surface area contributed by atoms with E-state index < -0.39 is 6.10 Å². The molecule has 4 aliphatic carbocycles. The quantitative estimate of drug-likeness (QED) is 0.526. The predicted octanol–water partition coefficient (Wildman–Crippen LogP) is 5.53. The summed E-state index contributed by atoms with van der Waals surface area (Å²) < 4.78 is 10.3. The molecule has 0 unspecified atom stereocenters. The van der Waals surface area contributed by atoms with E-state index in [2.05, 4.69) is 20.8 Å². The van der Waals surface area contributed by atoms with E-state index in [0.717, 1.165) is 49.9 Å². The molecule has 0 aromatic heterocycles. The van der Waals surface area contributed by atoms with Crippen LogP contribution in [-0.4, -0.2) is 36.4 Å². The van der Waals surface area contributed by atoms with Crippen LogP contribution in [0.25, 0.3) is 0 Å². The van der Waals surface area contributed by atoms with Gasteiger partial charge >= 0.3 is 11.9 Å². The molecule has 1 N–H and O–H groups in total. The van der Waals surface area contributed by atoms with Gasteiger partial charge in [0.05, 0.1) is 13.2 Å². The fourth-order valence-corrected chi connectivity index (χ4v) is 9.49. The van der Waals surface area contributed by atoms with Gasteiger partial charge in [-0.25, -0.2) is 0 Å². The van der Waals surface area contributed by atoms with Crippen LogP contribution in [-0.2, 0) is 19.1 Å². The lowest BCUT2D eigenvalue weighted by atomic mass is 9.44. The average molecular weight is 463 g/mol. The number of ether oxygens (including phenoxy) is 2. The lowest BCUT2D eigenvalue weighted by Crippen LogP contribution is -2.58. The lowest BCUT2D eigenvalue weighted by molar-refractivity contribution is -0.191. The Hall–Kier alpha value is -1.10. The first-order chi connectivity index (χ1) is 15.6. The summed E-state index contributed by atoms with van der Waals surface area (Å²) in [4.78, 5) is 23.1. The van der Waals surface area contributed by atoms with E-state index in [9.17, 15) is 14.7 Å². The topological polar surface area (TPSA) is 72.8 Å². The second kappa shape index (κ2) is 9.51. The van der Waals surface area contributed by atoms with Gasteiger partial charge in [0.15, 0.2) is 0 Å². The molecular formula is C28H46O5. The lowest BCUT2D eigenvalue weighted by Gasteiger charge is -2.62. The van der Waals surface area contributed by atoms with E-state index >= 15 is 0 Å². The minimum atomic E-state index is -0.520. The average Bonchev–Trinajstić information content (AvgIpc) is 3.12. The summed E-state index contributed by atoms with van der Waals surface area (Å²) in [5, 5.41) is 11.2. The highest BCUT2D eigenvalue weighted by Gasteiger charge is 2.62. The van der Waals surface area contributed by atoms with Crippen molar-refractivity contribution in [1.82, 2.24) is 0 Å². The Morgan fingerprint density at radius 3 is 2.33 bits per heavy atom. The second-order valence-electron chi connectivity index (χ2n) is 12.4. The van der Waals surface area contributed by atoms with Crippen LogP contribution in [0.5, 0.6) is 0 Å². The van der Waals surface area contributed by atoms with Crippen molar-refractivity contribution >= 4 is 11.9 Å². The molecular weight excluding hydrogens is 416 g/mol. The summed E-state index contributed by atoms with van der Waals surface area (Å²) in [6.07, 6.45) is 11.1. The van der Waals surface area contributed by atoms with Gasteiger partial charge in [0.25, 0.3) is 0 Å². The Bertz CT molecular complexity index is 736. The summed E-state index contributed by atoms with van der Waals surface area (Å²) in [6.45, 7) is 8.87. The van der Waals surface area contributed by atoms with Crippen molar-refractivity contribution in [2.45, 2.75) is 111 Å². The van der Waals surface area contributed by atoms with Crippen molar-refractivity contribution < 1.29 is 24.2 Å². The molecule has 4 saturated carbocycles. The minimum absolute atomic E-state index is 0.0890.